The molecule has 1 aliphatic carbocycles. The van der Waals surface area contributed by atoms with Crippen LogP contribution in [0.3, 0.4) is 0 Å². The van der Waals surface area contributed by atoms with E-state index in [2.05, 4.69) is 15.3 Å². The number of aldehydes is 1. The van der Waals surface area contributed by atoms with E-state index in [9.17, 15) is 40.5 Å². The van der Waals surface area contributed by atoms with Crippen LogP contribution in [-0.4, -0.2) is 159 Å². The third kappa shape index (κ3) is 6.82. The lowest BCUT2D eigenvalue weighted by Gasteiger charge is -2.45. The molecule has 3 aliphatic rings. The van der Waals surface area contributed by atoms with E-state index in [0.29, 0.717) is 0 Å². The number of hydrogen-bond donors (Lipinski definition) is 12. The maximum atomic E-state index is 12.1. The van der Waals surface area contributed by atoms with Crippen molar-refractivity contribution in [3.63, 3.8) is 0 Å². The Labute approximate surface area is 240 Å². The molecule has 0 bridgehead atoms. The number of nitrogens with one attached hydrogen (secondary N) is 1. The van der Waals surface area contributed by atoms with E-state index in [0.717, 1.165) is 0 Å². The smallest absolute Gasteiger partial charge is 0.188 e. The van der Waals surface area contributed by atoms with E-state index >= 15 is 0 Å². The van der Waals surface area contributed by atoms with Crippen molar-refractivity contribution in [2.24, 2.45) is 32.9 Å². The summed E-state index contributed by atoms with van der Waals surface area (Å²) in [7, 11) is 1.42. The monoisotopic (exact) mass is 617 g/mol. The largest absolute Gasteiger partial charge is 0.394 e. The fraction of sp³-hybridized carbons (Fsp3) is 0.857. The molecule has 0 unspecified atom stereocenters. The lowest BCUT2D eigenvalue weighted by atomic mass is 9.81. The van der Waals surface area contributed by atoms with E-state index < -0.39 is 110 Å². The molecule has 2 aliphatic heterocycles. The van der Waals surface area contributed by atoms with Gasteiger partial charge >= 0.3 is 0 Å². The van der Waals surface area contributed by atoms with Gasteiger partial charge in [0.2, 0.25) is 0 Å². The maximum absolute atomic E-state index is 12.1. The molecule has 0 radical (unpaired) electrons. The van der Waals surface area contributed by atoms with Gasteiger partial charge in [-0.25, -0.2) is 9.98 Å². The number of guanidine groups is 2. The first kappa shape index (κ1) is 35.2. The van der Waals surface area contributed by atoms with Crippen LogP contribution < -0.4 is 28.3 Å². The van der Waals surface area contributed by atoms with Crippen LogP contribution in [0.4, 0.5) is 0 Å². The molecule has 20 heteroatoms. The Balaban J connectivity index is 0.00000588. The third-order valence-corrected chi connectivity index (χ3v) is 7.34. The van der Waals surface area contributed by atoms with Crippen LogP contribution in [0.15, 0.2) is 9.98 Å². The fourth-order valence-corrected chi connectivity index (χ4v) is 5.08. The number of aliphatic hydroxyl groups excluding tert-OH is 6. The Morgan fingerprint density at radius 2 is 1.49 bits per heavy atom. The van der Waals surface area contributed by atoms with E-state index in [1.807, 2.05) is 0 Å². The van der Waals surface area contributed by atoms with Gasteiger partial charge < -0.3 is 82.9 Å². The van der Waals surface area contributed by atoms with E-state index in [4.69, 9.17) is 41.9 Å². The second kappa shape index (κ2) is 14.0. The number of aliphatic hydroxyl groups is 7. The first-order chi connectivity index (χ1) is 18.7. The minimum absolute atomic E-state index is 0. The highest BCUT2D eigenvalue weighted by Gasteiger charge is 2.60. The van der Waals surface area contributed by atoms with Crippen molar-refractivity contribution in [3.8, 4) is 0 Å². The Hall–Kier alpha value is -1.98. The van der Waals surface area contributed by atoms with Crippen LogP contribution in [-0.2, 0) is 23.7 Å². The number of nitrogens with two attached hydrogens (primary N) is 4. The molecule has 3 rings (SSSR count). The molecule has 2 saturated heterocycles. The quantitative estimate of drug-likeness (QED) is 0.0648. The number of halogens is 1. The van der Waals surface area contributed by atoms with Gasteiger partial charge in [-0.05, 0) is 14.0 Å². The van der Waals surface area contributed by atoms with E-state index in [-0.39, 0.29) is 18.7 Å². The lowest BCUT2D eigenvalue weighted by Crippen LogP contribution is -2.66. The van der Waals surface area contributed by atoms with Crippen molar-refractivity contribution in [3.05, 3.63) is 0 Å². The molecular weight excluding hydrogens is 578 g/mol. The summed E-state index contributed by atoms with van der Waals surface area (Å²) in [6, 6.07) is -4.08. The van der Waals surface area contributed by atoms with Crippen molar-refractivity contribution >= 4 is 30.6 Å². The highest BCUT2D eigenvalue weighted by atomic mass is 35.5. The van der Waals surface area contributed by atoms with Crippen LogP contribution in [0.25, 0.3) is 0 Å². The van der Waals surface area contributed by atoms with Crippen LogP contribution in [0, 0.1) is 0 Å². The number of nitrogens with zero attached hydrogens (tertiary/aromatic N) is 2. The van der Waals surface area contributed by atoms with Gasteiger partial charge in [-0.15, -0.1) is 12.4 Å². The number of aliphatic imine (C=N–C) groups is 2. The predicted octanol–water partition coefficient (Wildman–Crippen LogP) is -7.74. The summed E-state index contributed by atoms with van der Waals surface area (Å²) in [5, 5.41) is 76.6. The summed E-state index contributed by atoms with van der Waals surface area (Å²) in [6.07, 6.45) is -17.3. The third-order valence-electron chi connectivity index (χ3n) is 7.34. The first-order valence-electron chi connectivity index (χ1n) is 12.4. The first-order valence-corrected chi connectivity index (χ1v) is 12.4. The van der Waals surface area contributed by atoms with Gasteiger partial charge in [0.05, 0.1) is 18.8 Å². The zero-order valence-electron chi connectivity index (χ0n) is 22.2. The van der Waals surface area contributed by atoms with Gasteiger partial charge in [-0.1, -0.05) is 0 Å². The van der Waals surface area contributed by atoms with Crippen LogP contribution in [0.5, 0.6) is 0 Å². The van der Waals surface area contributed by atoms with Gasteiger partial charge in [0.1, 0.15) is 60.9 Å². The molecule has 16 N–H and O–H groups in total. The van der Waals surface area contributed by atoms with Gasteiger partial charge in [-0.3, -0.25) is 4.79 Å². The topological polar surface area (TPSA) is 336 Å². The van der Waals surface area contributed by atoms with Crippen molar-refractivity contribution in [2.75, 3.05) is 13.7 Å². The Kier molecular flexibility index (Phi) is 12.0. The standard InChI is InChI=1S/C21H39N7O12.ClH/c1-5-21(36,4-30)16(40-17-9(26-2)13(34)10(31)6(3-29)38-17)18(37-5)39-15-8(28-20(24)25)11(32)7(27-19(22)23)12(33)14(15)35;/h4-18,26,29,31-36H,3H2,1-2H3,(H4,22,23,27)(H4,24,25,28);1H/t5-,6-,7+,8-,9-,10-,11-,12-,13-,14+,15+,16-,17-,18+,21+;/m0./s1. The molecule has 3 fully saturated rings. The average molecular weight is 618 g/mol. The Morgan fingerprint density at radius 1 is 0.902 bits per heavy atom. The second-order valence-electron chi connectivity index (χ2n) is 9.89. The zero-order valence-corrected chi connectivity index (χ0v) is 23.0. The number of likely N-dealkylation sites (N-methyl/N-ethyl adjacent to an activating group) is 1. The summed E-state index contributed by atoms with van der Waals surface area (Å²) >= 11 is 0. The molecule has 0 aromatic heterocycles. The van der Waals surface area contributed by atoms with E-state index in [1.165, 1.54) is 14.0 Å². The van der Waals surface area contributed by atoms with Crippen molar-refractivity contribution in [2.45, 2.75) is 98.2 Å². The molecule has 0 aromatic rings. The fourth-order valence-electron chi connectivity index (χ4n) is 5.08. The molecular formula is C21H40ClN7O12. The highest BCUT2D eigenvalue weighted by molar-refractivity contribution is 5.85. The number of rotatable bonds is 9. The average Bonchev–Trinajstić information content (AvgIpc) is 3.13. The number of carbonyl (C=O) groups excluding carboxylic acids is 1. The highest BCUT2D eigenvalue weighted by Crippen LogP contribution is 2.38. The summed E-state index contributed by atoms with van der Waals surface area (Å²) < 4.78 is 22.9. The van der Waals surface area contributed by atoms with Crippen LogP contribution in [0.2, 0.25) is 0 Å². The normalized spacial score (nSPS) is 46.3. The van der Waals surface area contributed by atoms with Crippen LogP contribution >= 0.6 is 12.4 Å². The molecule has 1 saturated carbocycles. The minimum Gasteiger partial charge on any atom is -0.394 e. The summed E-state index contributed by atoms with van der Waals surface area (Å²) in [5.74, 6) is -1.03. The van der Waals surface area contributed by atoms with E-state index in [1.54, 1.807) is 0 Å². The summed E-state index contributed by atoms with van der Waals surface area (Å²) in [6.45, 7) is 0.620. The van der Waals surface area contributed by atoms with Gasteiger partial charge in [-0.2, -0.15) is 0 Å². The van der Waals surface area contributed by atoms with Gasteiger partial charge in [0.15, 0.2) is 36.4 Å². The second-order valence-corrected chi connectivity index (χ2v) is 9.89. The van der Waals surface area contributed by atoms with Crippen LogP contribution in [0.1, 0.15) is 6.92 Å². The van der Waals surface area contributed by atoms with Gasteiger partial charge in [0.25, 0.3) is 0 Å². The summed E-state index contributed by atoms with van der Waals surface area (Å²) in [4.78, 5) is 19.7. The molecule has 238 valence electrons. The van der Waals surface area contributed by atoms with Crippen molar-refractivity contribution in [1.29, 1.82) is 0 Å². The van der Waals surface area contributed by atoms with Crippen molar-refractivity contribution in [1.82, 2.24) is 5.32 Å². The number of hydrogen-bond acceptors (Lipinski definition) is 15. The molecule has 19 nitrogen and oxygen atoms in total. The van der Waals surface area contributed by atoms with Crippen molar-refractivity contribution < 1.29 is 59.5 Å². The molecule has 0 aromatic carbocycles. The number of carbonyl (C=O) groups is 1. The minimum atomic E-state index is -2.38. The van der Waals surface area contributed by atoms with Gasteiger partial charge in [0, 0.05) is 0 Å². The lowest BCUT2D eigenvalue weighted by molar-refractivity contribution is -0.314. The zero-order chi connectivity index (χ0) is 30.1. The molecule has 2 heterocycles. The summed E-state index contributed by atoms with van der Waals surface area (Å²) in [5.41, 5.74) is 19.4. The Bertz CT molecular complexity index is 946. The molecule has 0 spiro atoms. The molecule has 41 heavy (non-hydrogen) atoms. The number of ether oxygens (including phenoxy) is 4. The SMILES string of the molecule is CN[C@@H]1[C@H](O[C@H]2[C@@H](O[C@H]3[C@H](O)[C@@H](O)[C@H](N=C(N)N)[C@H](O)[C@@H]3N=C(N)N)O[C@@H](C)[C@]2(O)C=O)O[C@@H](CO)[C@H](O)[C@H]1O.Cl. The molecule has 15 atom stereocenters. The maximum Gasteiger partial charge on any atom is 0.188 e. The molecule has 0 amide bonds. The predicted molar refractivity (Wildman–Crippen MR) is 140 cm³/mol. The Morgan fingerprint density at radius 3 is 2.00 bits per heavy atom.